The van der Waals surface area contributed by atoms with Crippen molar-refractivity contribution >= 4 is 33.5 Å². The molecule has 0 atom stereocenters. The lowest BCUT2D eigenvalue weighted by Gasteiger charge is -2.01. The number of hydrogen-bond donors (Lipinski definition) is 0. The second-order valence-electron chi connectivity index (χ2n) is 3.39. The van der Waals surface area contributed by atoms with Crippen LogP contribution in [0.4, 0.5) is 0 Å². The van der Waals surface area contributed by atoms with Gasteiger partial charge in [0, 0.05) is 23.3 Å². The summed E-state index contributed by atoms with van der Waals surface area (Å²) in [6.45, 7) is 0. The van der Waals surface area contributed by atoms with E-state index >= 15 is 0 Å². The molecule has 0 N–H and O–H groups in total. The van der Waals surface area contributed by atoms with Crippen molar-refractivity contribution in [2.45, 2.75) is 0 Å². The molecule has 5 heteroatoms. The second kappa shape index (κ2) is 5.67. The zero-order valence-electron chi connectivity index (χ0n) is 9.55. The Hall–Kier alpha value is -1.83. The van der Waals surface area contributed by atoms with Crippen LogP contribution in [-0.4, -0.2) is 12.1 Å². The maximum absolute atomic E-state index is 9.23. The molecule has 2 aromatic rings. The molecule has 0 spiro atoms. The van der Waals surface area contributed by atoms with Crippen LogP contribution in [0, 0.1) is 11.3 Å². The smallest absolute Gasteiger partial charge is 0.130 e. The first kappa shape index (κ1) is 12.6. The maximum atomic E-state index is 9.23. The molecule has 2 aromatic heterocycles. The van der Waals surface area contributed by atoms with Crippen LogP contribution >= 0.6 is 22.9 Å². The number of nitrogens with zero attached hydrogens (tertiary/aromatic N) is 2. The molecule has 0 fully saturated rings. The van der Waals surface area contributed by atoms with Gasteiger partial charge in [0.1, 0.15) is 11.8 Å². The van der Waals surface area contributed by atoms with E-state index in [1.54, 1.807) is 37.7 Å². The topological polar surface area (TPSA) is 45.9 Å². The van der Waals surface area contributed by atoms with E-state index in [-0.39, 0.29) is 0 Å². The van der Waals surface area contributed by atoms with Crippen molar-refractivity contribution in [2.75, 3.05) is 7.11 Å². The summed E-state index contributed by atoms with van der Waals surface area (Å²) in [4.78, 5) is 4.79. The van der Waals surface area contributed by atoms with E-state index in [9.17, 15) is 5.26 Å². The zero-order chi connectivity index (χ0) is 13.0. The molecular formula is C13H9ClN2OS. The number of methoxy groups -OCH3 is 1. The van der Waals surface area contributed by atoms with Gasteiger partial charge in [-0.1, -0.05) is 17.7 Å². The summed E-state index contributed by atoms with van der Waals surface area (Å²) < 4.78 is 5.10. The summed E-state index contributed by atoms with van der Waals surface area (Å²) in [5, 5.41) is 11.5. The average molecular weight is 277 g/mol. The van der Waals surface area contributed by atoms with Gasteiger partial charge < -0.3 is 4.74 Å². The molecule has 0 aliphatic heterocycles. The van der Waals surface area contributed by atoms with Crippen LogP contribution in [0.3, 0.4) is 0 Å². The lowest BCUT2D eigenvalue weighted by Crippen LogP contribution is -1.85. The minimum absolute atomic E-state index is 0.411. The van der Waals surface area contributed by atoms with E-state index < -0.39 is 0 Å². The fourth-order valence-corrected chi connectivity index (χ4v) is 2.55. The summed E-state index contributed by atoms with van der Waals surface area (Å²) in [7, 11) is 1.59. The van der Waals surface area contributed by atoms with Crippen LogP contribution < -0.4 is 4.74 Å². The van der Waals surface area contributed by atoms with E-state index in [0.29, 0.717) is 16.2 Å². The summed E-state index contributed by atoms with van der Waals surface area (Å²) in [5.41, 5.74) is 1.12. The van der Waals surface area contributed by atoms with Crippen molar-refractivity contribution in [1.82, 2.24) is 4.98 Å². The summed E-state index contributed by atoms with van der Waals surface area (Å²) in [5.74, 6) is 0.733. The van der Waals surface area contributed by atoms with Gasteiger partial charge in [-0.2, -0.15) is 5.26 Å². The molecule has 0 unspecified atom stereocenters. The molecule has 18 heavy (non-hydrogen) atoms. The van der Waals surface area contributed by atoms with E-state index in [1.807, 2.05) is 5.38 Å². The number of aromatic nitrogens is 1. The van der Waals surface area contributed by atoms with Gasteiger partial charge in [-0.15, -0.1) is 11.3 Å². The Morgan fingerprint density at radius 3 is 2.94 bits per heavy atom. The molecular weight excluding hydrogens is 268 g/mol. The Morgan fingerprint density at radius 2 is 2.39 bits per heavy atom. The summed E-state index contributed by atoms with van der Waals surface area (Å²) in [6.07, 6.45) is 3.27. The van der Waals surface area contributed by atoms with Gasteiger partial charge in [0.25, 0.3) is 0 Å². The highest BCUT2D eigenvalue weighted by atomic mass is 35.5. The van der Waals surface area contributed by atoms with Crippen LogP contribution in [0.2, 0.25) is 0 Å². The standard InChI is InChI=1S/C13H9ClN2OS/c1-17-10-5-12(18-8-10)13(14)11(6-15)9-3-2-4-16-7-9/h2-5,7-8H,1H3/b13-11+. The fourth-order valence-electron chi connectivity index (χ4n) is 1.42. The first-order valence-electron chi connectivity index (χ1n) is 5.09. The monoisotopic (exact) mass is 276 g/mol. The molecule has 0 saturated carbocycles. The van der Waals surface area contributed by atoms with Gasteiger partial charge in [0.05, 0.1) is 22.6 Å². The normalized spacial score (nSPS) is 11.6. The number of pyridine rings is 1. The zero-order valence-corrected chi connectivity index (χ0v) is 11.1. The quantitative estimate of drug-likeness (QED) is 0.802. The molecule has 0 radical (unpaired) electrons. The molecule has 0 amide bonds. The Kier molecular flexibility index (Phi) is 3.98. The summed E-state index contributed by atoms with van der Waals surface area (Å²) in [6, 6.07) is 7.50. The number of ether oxygens (including phenoxy) is 1. The highest BCUT2D eigenvalue weighted by molar-refractivity contribution is 7.12. The van der Waals surface area contributed by atoms with E-state index in [4.69, 9.17) is 16.3 Å². The number of rotatable bonds is 3. The molecule has 0 saturated heterocycles. The minimum atomic E-state index is 0.411. The summed E-state index contributed by atoms with van der Waals surface area (Å²) >= 11 is 7.70. The Bertz CT molecular complexity index is 613. The third-order valence-corrected chi connectivity index (χ3v) is 3.74. The van der Waals surface area contributed by atoms with Crippen molar-refractivity contribution in [3.05, 3.63) is 46.4 Å². The number of allylic oxidation sites excluding steroid dienone is 1. The van der Waals surface area contributed by atoms with E-state index in [2.05, 4.69) is 11.1 Å². The lowest BCUT2D eigenvalue weighted by molar-refractivity contribution is 0.416. The van der Waals surface area contributed by atoms with Crippen LogP contribution in [0.1, 0.15) is 10.4 Å². The first-order chi connectivity index (χ1) is 8.76. The molecule has 0 aliphatic rings. The van der Waals surface area contributed by atoms with Gasteiger partial charge in [-0.25, -0.2) is 0 Å². The second-order valence-corrected chi connectivity index (χ2v) is 4.68. The minimum Gasteiger partial charge on any atom is -0.496 e. The largest absolute Gasteiger partial charge is 0.496 e. The van der Waals surface area contributed by atoms with Gasteiger partial charge >= 0.3 is 0 Å². The number of hydrogen-bond acceptors (Lipinski definition) is 4. The van der Waals surface area contributed by atoms with Crippen LogP contribution in [-0.2, 0) is 0 Å². The van der Waals surface area contributed by atoms with Crippen molar-refractivity contribution in [3.8, 4) is 11.8 Å². The third kappa shape index (κ3) is 2.53. The molecule has 0 bridgehead atoms. The van der Waals surface area contributed by atoms with Crippen molar-refractivity contribution in [2.24, 2.45) is 0 Å². The number of thiophene rings is 1. The molecule has 0 aromatic carbocycles. The van der Waals surface area contributed by atoms with E-state index in [0.717, 1.165) is 10.6 Å². The maximum Gasteiger partial charge on any atom is 0.130 e. The molecule has 3 nitrogen and oxygen atoms in total. The third-order valence-electron chi connectivity index (χ3n) is 2.31. The lowest BCUT2D eigenvalue weighted by atomic mass is 10.1. The number of nitriles is 1. The highest BCUT2D eigenvalue weighted by Crippen LogP contribution is 2.34. The van der Waals surface area contributed by atoms with Crippen LogP contribution in [0.15, 0.2) is 36.0 Å². The Morgan fingerprint density at radius 1 is 1.56 bits per heavy atom. The predicted octanol–water partition coefficient (Wildman–Crippen LogP) is 3.78. The van der Waals surface area contributed by atoms with Crippen LogP contribution in [0.25, 0.3) is 10.6 Å². The number of halogens is 1. The van der Waals surface area contributed by atoms with Gasteiger partial charge in [0.15, 0.2) is 0 Å². The highest BCUT2D eigenvalue weighted by Gasteiger charge is 2.12. The van der Waals surface area contributed by atoms with Crippen molar-refractivity contribution < 1.29 is 4.74 Å². The van der Waals surface area contributed by atoms with E-state index in [1.165, 1.54) is 11.3 Å². The van der Waals surface area contributed by atoms with Gasteiger partial charge in [-0.3, -0.25) is 4.98 Å². The SMILES string of the molecule is COc1csc(/C(Cl)=C(/C#N)c2cccnc2)c1. The molecule has 90 valence electrons. The Balaban J connectivity index is 2.47. The first-order valence-corrected chi connectivity index (χ1v) is 6.35. The molecule has 2 heterocycles. The van der Waals surface area contributed by atoms with Crippen molar-refractivity contribution in [3.63, 3.8) is 0 Å². The molecule has 2 rings (SSSR count). The van der Waals surface area contributed by atoms with Crippen molar-refractivity contribution in [1.29, 1.82) is 5.26 Å². The van der Waals surface area contributed by atoms with Crippen LogP contribution in [0.5, 0.6) is 5.75 Å². The van der Waals surface area contributed by atoms with Gasteiger partial charge in [-0.05, 0) is 12.1 Å². The predicted molar refractivity (Wildman–Crippen MR) is 73.4 cm³/mol. The van der Waals surface area contributed by atoms with Gasteiger partial charge in [0.2, 0.25) is 0 Å². The molecule has 0 aliphatic carbocycles. The fraction of sp³-hybridized carbons (Fsp3) is 0.0769. The average Bonchev–Trinajstić information content (AvgIpc) is 2.89. The Labute approximate surface area is 114 Å².